The zero-order valence-corrected chi connectivity index (χ0v) is 8.05. The van der Waals surface area contributed by atoms with Crippen LogP contribution in [0.15, 0.2) is 35.7 Å². The fraction of sp³-hybridized carbons (Fsp3) is 0. The number of halogens is 1. The van der Waals surface area contributed by atoms with Gasteiger partial charge in [0.05, 0.1) is 0 Å². The van der Waals surface area contributed by atoms with E-state index in [4.69, 9.17) is 0 Å². The molecule has 0 saturated heterocycles. The van der Waals surface area contributed by atoms with Crippen LogP contribution in [0.4, 0.5) is 4.39 Å². The summed E-state index contributed by atoms with van der Waals surface area (Å²) in [6.45, 7) is 0. The van der Waals surface area contributed by atoms with Gasteiger partial charge in [0.25, 0.3) is 0 Å². The largest absolute Gasteiger partial charge is 0.298 e. The highest BCUT2D eigenvalue weighted by Crippen LogP contribution is 2.28. The smallest absolute Gasteiger partial charge is 0.151 e. The van der Waals surface area contributed by atoms with Crippen LogP contribution in [-0.2, 0) is 0 Å². The van der Waals surface area contributed by atoms with Gasteiger partial charge in [-0.15, -0.1) is 11.3 Å². The van der Waals surface area contributed by atoms with Crippen molar-refractivity contribution in [3.63, 3.8) is 0 Å². The van der Waals surface area contributed by atoms with Crippen molar-refractivity contribution in [2.75, 3.05) is 0 Å². The monoisotopic (exact) mass is 206 g/mol. The van der Waals surface area contributed by atoms with Crippen molar-refractivity contribution in [2.24, 2.45) is 0 Å². The van der Waals surface area contributed by atoms with E-state index in [-0.39, 0.29) is 5.82 Å². The molecule has 0 N–H and O–H groups in total. The second-order valence-corrected chi connectivity index (χ2v) is 3.75. The summed E-state index contributed by atoms with van der Waals surface area (Å²) < 4.78 is 12.9. The van der Waals surface area contributed by atoms with Crippen LogP contribution >= 0.6 is 11.3 Å². The third kappa shape index (κ3) is 1.59. The molecule has 0 amide bonds. The Balaban J connectivity index is 2.54. The number of aldehydes is 1. The highest BCUT2D eigenvalue weighted by Gasteiger charge is 2.06. The minimum Gasteiger partial charge on any atom is -0.298 e. The first-order valence-electron chi connectivity index (χ1n) is 4.10. The van der Waals surface area contributed by atoms with Crippen LogP contribution in [0.3, 0.4) is 0 Å². The first-order chi connectivity index (χ1) is 6.81. The SMILES string of the molecule is O=Cc1ccsc1-c1cccc(F)c1. The molecule has 0 bridgehead atoms. The summed E-state index contributed by atoms with van der Waals surface area (Å²) in [7, 11) is 0. The Bertz CT molecular complexity index is 462. The molecule has 1 aromatic carbocycles. The number of benzene rings is 1. The molecule has 0 aliphatic rings. The van der Waals surface area contributed by atoms with Crippen molar-refractivity contribution in [2.45, 2.75) is 0 Å². The van der Waals surface area contributed by atoms with Crippen molar-refractivity contribution in [3.05, 3.63) is 47.1 Å². The summed E-state index contributed by atoms with van der Waals surface area (Å²) in [5, 5.41) is 1.82. The Kier molecular flexibility index (Phi) is 2.41. The van der Waals surface area contributed by atoms with E-state index in [0.717, 1.165) is 16.7 Å². The van der Waals surface area contributed by atoms with Gasteiger partial charge in [-0.3, -0.25) is 4.79 Å². The molecule has 0 aliphatic heterocycles. The molecule has 0 saturated carbocycles. The molecule has 0 fully saturated rings. The lowest BCUT2D eigenvalue weighted by Gasteiger charge is -1.98. The lowest BCUT2D eigenvalue weighted by molar-refractivity contribution is 0.112. The normalized spacial score (nSPS) is 10.1. The molecule has 0 unspecified atom stereocenters. The van der Waals surface area contributed by atoms with E-state index < -0.39 is 0 Å². The summed E-state index contributed by atoms with van der Waals surface area (Å²) in [6.07, 6.45) is 0.788. The minimum absolute atomic E-state index is 0.284. The maximum absolute atomic E-state index is 12.9. The van der Waals surface area contributed by atoms with E-state index in [1.165, 1.54) is 23.5 Å². The number of hydrogen-bond acceptors (Lipinski definition) is 2. The molecule has 1 nitrogen and oxygen atoms in total. The molecule has 0 atom stereocenters. The maximum Gasteiger partial charge on any atom is 0.151 e. The number of carbonyl (C=O) groups excluding carboxylic acids is 1. The number of thiophene rings is 1. The third-order valence-electron chi connectivity index (χ3n) is 1.91. The topological polar surface area (TPSA) is 17.1 Å². The first-order valence-corrected chi connectivity index (χ1v) is 4.98. The van der Waals surface area contributed by atoms with Gasteiger partial charge in [-0.25, -0.2) is 4.39 Å². The Hall–Kier alpha value is -1.48. The van der Waals surface area contributed by atoms with Crippen molar-refractivity contribution in [3.8, 4) is 10.4 Å². The highest BCUT2D eigenvalue weighted by atomic mass is 32.1. The molecule has 0 radical (unpaired) electrons. The Morgan fingerprint density at radius 3 is 2.86 bits per heavy atom. The lowest BCUT2D eigenvalue weighted by atomic mass is 10.1. The van der Waals surface area contributed by atoms with E-state index >= 15 is 0 Å². The third-order valence-corrected chi connectivity index (χ3v) is 2.89. The quantitative estimate of drug-likeness (QED) is 0.688. The van der Waals surface area contributed by atoms with Crippen molar-refractivity contribution in [1.29, 1.82) is 0 Å². The molecule has 2 aromatic rings. The van der Waals surface area contributed by atoms with Crippen LogP contribution in [0.2, 0.25) is 0 Å². The standard InChI is InChI=1S/C11H7FOS/c12-10-3-1-2-8(6-10)11-9(7-13)4-5-14-11/h1-7H. The Morgan fingerprint density at radius 2 is 2.14 bits per heavy atom. The fourth-order valence-corrected chi connectivity index (χ4v) is 2.14. The summed E-state index contributed by atoms with van der Waals surface area (Å²) in [5.74, 6) is -0.284. The summed E-state index contributed by atoms with van der Waals surface area (Å²) >= 11 is 1.44. The van der Waals surface area contributed by atoms with E-state index in [2.05, 4.69) is 0 Å². The predicted octanol–water partition coefficient (Wildman–Crippen LogP) is 3.37. The van der Waals surface area contributed by atoms with Gasteiger partial charge >= 0.3 is 0 Å². The van der Waals surface area contributed by atoms with Gasteiger partial charge in [-0.05, 0) is 29.1 Å². The molecule has 14 heavy (non-hydrogen) atoms. The molecular weight excluding hydrogens is 199 g/mol. The number of carbonyl (C=O) groups is 1. The molecule has 0 spiro atoms. The zero-order chi connectivity index (χ0) is 9.97. The Labute approximate surface area is 84.8 Å². The summed E-state index contributed by atoms with van der Waals surface area (Å²) in [6, 6.07) is 7.98. The van der Waals surface area contributed by atoms with Crippen LogP contribution in [0.25, 0.3) is 10.4 Å². The summed E-state index contributed by atoms with van der Waals surface area (Å²) in [5.41, 5.74) is 1.36. The molecule has 3 heteroatoms. The van der Waals surface area contributed by atoms with Crippen LogP contribution in [0.1, 0.15) is 10.4 Å². The Morgan fingerprint density at radius 1 is 1.29 bits per heavy atom. The number of hydrogen-bond donors (Lipinski definition) is 0. The van der Waals surface area contributed by atoms with Crippen LogP contribution in [0, 0.1) is 5.82 Å². The van der Waals surface area contributed by atoms with Crippen LogP contribution in [-0.4, -0.2) is 6.29 Å². The number of rotatable bonds is 2. The van der Waals surface area contributed by atoms with Gasteiger partial charge in [-0.1, -0.05) is 12.1 Å². The molecular formula is C11H7FOS. The van der Waals surface area contributed by atoms with Crippen LogP contribution < -0.4 is 0 Å². The van der Waals surface area contributed by atoms with Gasteiger partial charge in [-0.2, -0.15) is 0 Å². The zero-order valence-electron chi connectivity index (χ0n) is 7.24. The van der Waals surface area contributed by atoms with E-state index in [0.29, 0.717) is 5.56 Å². The van der Waals surface area contributed by atoms with E-state index in [9.17, 15) is 9.18 Å². The van der Waals surface area contributed by atoms with Crippen LogP contribution in [0.5, 0.6) is 0 Å². The molecule has 70 valence electrons. The van der Waals surface area contributed by atoms with Crippen molar-refractivity contribution < 1.29 is 9.18 Å². The lowest BCUT2D eigenvalue weighted by Crippen LogP contribution is -1.81. The fourth-order valence-electron chi connectivity index (χ4n) is 1.28. The average Bonchev–Trinajstić information content (AvgIpc) is 2.65. The molecule has 0 aliphatic carbocycles. The van der Waals surface area contributed by atoms with Crippen molar-refractivity contribution in [1.82, 2.24) is 0 Å². The molecule has 1 heterocycles. The van der Waals surface area contributed by atoms with Crippen molar-refractivity contribution >= 4 is 17.6 Å². The first kappa shape index (κ1) is 9.09. The second kappa shape index (κ2) is 3.72. The minimum atomic E-state index is -0.284. The second-order valence-electron chi connectivity index (χ2n) is 2.83. The van der Waals surface area contributed by atoms with Gasteiger partial charge < -0.3 is 0 Å². The highest BCUT2D eigenvalue weighted by molar-refractivity contribution is 7.14. The molecule has 2 rings (SSSR count). The van der Waals surface area contributed by atoms with Gasteiger partial charge in [0.2, 0.25) is 0 Å². The van der Waals surface area contributed by atoms with Gasteiger partial charge in [0.15, 0.2) is 6.29 Å². The summed E-state index contributed by atoms with van der Waals surface area (Å²) in [4.78, 5) is 11.5. The van der Waals surface area contributed by atoms with E-state index in [1.807, 2.05) is 5.38 Å². The average molecular weight is 206 g/mol. The van der Waals surface area contributed by atoms with Gasteiger partial charge in [0, 0.05) is 10.4 Å². The van der Waals surface area contributed by atoms with E-state index in [1.54, 1.807) is 18.2 Å². The maximum atomic E-state index is 12.9. The van der Waals surface area contributed by atoms with Gasteiger partial charge in [0.1, 0.15) is 5.82 Å². The predicted molar refractivity (Wildman–Crippen MR) is 55.1 cm³/mol. The molecule has 1 aromatic heterocycles.